The van der Waals surface area contributed by atoms with E-state index in [1.807, 2.05) is 0 Å². The summed E-state index contributed by atoms with van der Waals surface area (Å²) in [5.41, 5.74) is 20.5. The quantitative estimate of drug-likeness (QED) is 0.0122. The molecule has 0 radical (unpaired) electrons. The zero-order chi connectivity index (χ0) is 59.4. The average Bonchev–Trinajstić information content (AvgIpc) is 3.89. The Morgan fingerprint density at radius 1 is 0.642 bits per heavy atom. The van der Waals surface area contributed by atoms with Crippen molar-refractivity contribution in [1.82, 2.24) is 24.8 Å². The molecule has 3 aromatic carbocycles. The second-order valence-electron chi connectivity index (χ2n) is 19.8. The number of hydrogen-bond donors (Lipinski definition) is 9. The van der Waals surface area contributed by atoms with E-state index in [0.29, 0.717) is 65.0 Å². The summed E-state index contributed by atoms with van der Waals surface area (Å²) in [4.78, 5) is 88.7. The lowest BCUT2D eigenvalue weighted by molar-refractivity contribution is -0.645. The number of rotatable bonds is 35. The number of benzene rings is 3. The predicted octanol–water partition coefficient (Wildman–Crippen LogP) is 2.43. The van der Waals surface area contributed by atoms with Crippen LogP contribution in [0.3, 0.4) is 0 Å². The first-order chi connectivity index (χ1) is 38.4. The maximum absolute atomic E-state index is 14.9. The number of sulfonamides is 1. The molecule has 0 saturated heterocycles. The maximum Gasteiger partial charge on any atom is 0.320 e. The fourth-order valence-electron chi connectivity index (χ4n) is 9.34. The molecule has 2 aromatic heterocycles. The second kappa shape index (κ2) is 30.5. The number of para-hydroxylation sites is 2. The van der Waals surface area contributed by atoms with Gasteiger partial charge in [0, 0.05) is 76.1 Å². The molecule has 0 unspecified atom stereocenters. The van der Waals surface area contributed by atoms with Crippen LogP contribution in [-0.2, 0) is 70.0 Å². The number of unbranched alkanes of at least 4 members (excludes halogenated alkanes) is 3. The molecule has 440 valence electrons. The highest BCUT2D eigenvalue weighted by Gasteiger charge is 2.34. The first-order valence-corrected chi connectivity index (χ1v) is 29.8. The van der Waals surface area contributed by atoms with Crippen molar-refractivity contribution >= 4 is 83.5 Å². The van der Waals surface area contributed by atoms with Gasteiger partial charge in [0.25, 0.3) is 21.8 Å². The first kappa shape index (κ1) is 64.5. The Balaban J connectivity index is 1.14. The molecule has 0 fully saturated rings. The lowest BCUT2D eigenvalue weighted by Crippen LogP contribution is -2.41. The number of fused-ring (bicyclic) bond motifs is 2. The Bertz CT molecular complexity index is 3220. The topological polar surface area (TPSA) is 398 Å². The number of aliphatic carboxylic acids is 3. The van der Waals surface area contributed by atoms with Gasteiger partial charge in [0.05, 0.1) is 31.3 Å². The van der Waals surface area contributed by atoms with Crippen LogP contribution in [0.2, 0.25) is 0 Å². The van der Waals surface area contributed by atoms with Gasteiger partial charge < -0.3 is 57.6 Å². The molecular weight excluding hydrogens is 1090 g/mol. The summed E-state index contributed by atoms with van der Waals surface area (Å²) in [5, 5.41) is 37.1. The van der Waals surface area contributed by atoms with E-state index in [2.05, 4.69) is 16.0 Å². The summed E-state index contributed by atoms with van der Waals surface area (Å²) in [6.45, 7) is 2.16. The van der Waals surface area contributed by atoms with E-state index < -0.39 is 79.6 Å². The maximum atomic E-state index is 14.9. The molecule has 5 rings (SSSR count). The van der Waals surface area contributed by atoms with Crippen LogP contribution in [0.5, 0.6) is 0 Å². The molecule has 0 aliphatic carbocycles. The number of amides is 4. The summed E-state index contributed by atoms with van der Waals surface area (Å²) < 4.78 is 67.4. The van der Waals surface area contributed by atoms with Crippen LogP contribution in [0, 0.1) is 6.92 Å². The Hall–Kier alpha value is -7.36. The average molecular weight is 1160 g/mol. The van der Waals surface area contributed by atoms with Gasteiger partial charge in [0.15, 0.2) is 6.54 Å². The Morgan fingerprint density at radius 3 is 1.75 bits per heavy atom. The number of nitrogens with one attached hydrogen (secondary N) is 3. The number of hydrogen-bond acceptors (Lipinski definition) is 15. The number of nitrogens with two attached hydrogens (primary N) is 3. The van der Waals surface area contributed by atoms with Gasteiger partial charge in [-0.1, -0.05) is 48.4 Å². The predicted molar refractivity (Wildman–Crippen MR) is 298 cm³/mol. The Labute approximate surface area is 470 Å². The number of aromatic nitrogens is 2. The fraction of sp³-hybridized carbons (Fsp3) is 0.455. The monoisotopic (exact) mass is 1160 g/mol. The third kappa shape index (κ3) is 18.9. The van der Waals surface area contributed by atoms with Crippen molar-refractivity contribution in [3.8, 4) is 0 Å². The third-order valence-corrected chi connectivity index (χ3v) is 16.3. The number of carbonyl (C=O) groups excluding carboxylic acids is 4. The lowest BCUT2D eigenvalue weighted by atomic mass is 9.97. The zero-order valence-corrected chi connectivity index (χ0v) is 46.9. The van der Waals surface area contributed by atoms with Crippen molar-refractivity contribution in [2.75, 3.05) is 31.9 Å². The minimum absolute atomic E-state index is 0.00848. The number of nitrogens with zero attached hydrogens (tertiary/aromatic N) is 3. The van der Waals surface area contributed by atoms with Crippen LogP contribution in [0.15, 0.2) is 83.9 Å². The number of aryl methyl sites for hydroxylation is 4. The molecular formula is C55H73N9O15S2. The van der Waals surface area contributed by atoms with Gasteiger partial charge in [-0.15, -0.1) is 0 Å². The van der Waals surface area contributed by atoms with Gasteiger partial charge in [0.2, 0.25) is 22.8 Å². The number of pyridine rings is 1. The van der Waals surface area contributed by atoms with E-state index in [1.54, 1.807) is 82.9 Å². The van der Waals surface area contributed by atoms with E-state index in [-0.39, 0.29) is 119 Å². The third-order valence-electron chi connectivity index (χ3n) is 13.7. The minimum atomic E-state index is -4.51. The van der Waals surface area contributed by atoms with Crippen LogP contribution < -0.4 is 37.7 Å². The molecule has 0 saturated carbocycles. The fourth-order valence-corrected chi connectivity index (χ4v) is 11.2. The van der Waals surface area contributed by atoms with Gasteiger partial charge >= 0.3 is 17.9 Å². The highest BCUT2D eigenvalue weighted by atomic mass is 32.2. The van der Waals surface area contributed by atoms with Crippen LogP contribution in [0.4, 0.5) is 0 Å². The van der Waals surface area contributed by atoms with Crippen molar-refractivity contribution in [3.05, 3.63) is 107 Å². The Morgan fingerprint density at radius 2 is 1.19 bits per heavy atom. The van der Waals surface area contributed by atoms with E-state index in [0.717, 1.165) is 9.87 Å². The molecule has 0 bridgehead atoms. The van der Waals surface area contributed by atoms with E-state index >= 15 is 0 Å². The molecule has 26 heteroatoms. The molecule has 0 aliphatic rings. The van der Waals surface area contributed by atoms with E-state index in [4.69, 9.17) is 17.2 Å². The summed E-state index contributed by atoms with van der Waals surface area (Å²) in [6.07, 6.45) is 4.42. The van der Waals surface area contributed by atoms with E-state index in [9.17, 15) is 70.3 Å². The zero-order valence-electron chi connectivity index (χ0n) is 45.2. The molecule has 0 spiro atoms. The number of carboxylic acid groups (broad SMARTS) is 3. The summed E-state index contributed by atoms with van der Waals surface area (Å²) in [7, 11) is -9.01. The highest BCUT2D eigenvalue weighted by Crippen LogP contribution is 2.30. The normalized spacial score (nSPS) is 12.9. The molecule has 12 N–H and O–H groups in total. The van der Waals surface area contributed by atoms with Crippen LogP contribution in [-0.4, -0.2) is 137 Å². The molecule has 24 nitrogen and oxygen atoms in total. The van der Waals surface area contributed by atoms with Gasteiger partial charge in [-0.05, 0) is 107 Å². The van der Waals surface area contributed by atoms with Crippen LogP contribution in [0.25, 0.3) is 21.8 Å². The summed E-state index contributed by atoms with van der Waals surface area (Å²) >= 11 is 0. The minimum Gasteiger partial charge on any atom is -0.748 e. The Kier molecular flexibility index (Phi) is 24.2. The van der Waals surface area contributed by atoms with Crippen molar-refractivity contribution in [2.24, 2.45) is 17.2 Å². The van der Waals surface area contributed by atoms with Crippen molar-refractivity contribution in [3.63, 3.8) is 0 Å². The molecule has 3 atom stereocenters. The second-order valence-corrected chi connectivity index (χ2v) is 23.2. The number of carbonyl (C=O) groups is 7. The van der Waals surface area contributed by atoms with Crippen LogP contribution >= 0.6 is 0 Å². The summed E-state index contributed by atoms with van der Waals surface area (Å²) in [5.74, 6) is -6.24. The molecule has 4 amide bonds. The largest absolute Gasteiger partial charge is 0.748 e. The van der Waals surface area contributed by atoms with Gasteiger partial charge in [0.1, 0.15) is 23.8 Å². The van der Waals surface area contributed by atoms with Gasteiger partial charge in [-0.2, -0.15) is 4.57 Å². The van der Waals surface area contributed by atoms with E-state index in [1.165, 1.54) is 12.1 Å². The van der Waals surface area contributed by atoms with Gasteiger partial charge in [-0.3, -0.25) is 33.6 Å². The molecule has 81 heavy (non-hydrogen) atoms. The van der Waals surface area contributed by atoms with Crippen molar-refractivity contribution < 1.29 is 74.8 Å². The first-order valence-electron chi connectivity index (χ1n) is 26.8. The SMILES string of the molecule is Cc1ccc(S(=O)(=O)N(CCCC(=O)NCCNC(=O)CCCCCNC(=O)c2c(CC[C@H](N)C(=O)O)c(CC[C@H](N)C(=O)O)cn2CCCC[C@H](N)C(=O)O)C(=O)c2c3ccccc3[n+](CCCS(=O)(=O)[O-])c3ccccc23)cc1. The molecule has 0 aliphatic heterocycles. The lowest BCUT2D eigenvalue weighted by Gasteiger charge is -2.24. The van der Waals surface area contributed by atoms with Crippen molar-refractivity contribution in [2.45, 2.75) is 133 Å². The van der Waals surface area contributed by atoms with Crippen LogP contribution in [0.1, 0.15) is 115 Å². The molecule has 2 heterocycles. The van der Waals surface area contributed by atoms with Gasteiger partial charge in [-0.25, -0.2) is 21.1 Å². The smallest absolute Gasteiger partial charge is 0.320 e. The molecule has 5 aromatic rings. The van der Waals surface area contributed by atoms with Crippen molar-refractivity contribution in [1.29, 1.82) is 0 Å². The summed E-state index contributed by atoms with van der Waals surface area (Å²) in [6, 6.07) is 16.1. The number of carboxylic acids is 3. The standard InChI is InChI=1S/C55H73N9O15S2/c1-36-20-23-38(24-21-36)81(78,79)64(52(68)49-40-13-4-6-16-45(40)63(32-12-34-80(75,76)77)46-17-7-5-14-41(46)49)33-11-19-48(66)60-30-29-59-47(65)18-3-2-9-28-61-51(67)50-39(25-27-44(58)55(73)74)37(22-26-43(57)54(71)72)35-62(50)31-10-8-15-42(56)53(69)70/h4-7,13-14,16-17,20-21,23-24,35,42-44H,2-3,8-12,15,18-19,22,25-34,56-58H2,1H3,(H6-,59,60,61,65,66,67,69,70,71,72,73,74,75,76,77)/t42-,43-,44-/m0/s1. The highest BCUT2D eigenvalue weighted by molar-refractivity contribution is 7.89.